The third kappa shape index (κ3) is 5.11. The van der Waals surface area contributed by atoms with Crippen LogP contribution in [0.15, 0.2) is 78.9 Å². The van der Waals surface area contributed by atoms with Crippen LogP contribution in [0, 0.1) is 0 Å². The summed E-state index contributed by atoms with van der Waals surface area (Å²) in [4.78, 5) is 14.7. The highest BCUT2D eigenvalue weighted by Crippen LogP contribution is 2.20. The van der Waals surface area contributed by atoms with E-state index in [2.05, 4.69) is 29.3 Å². The monoisotopic (exact) mass is 359 g/mol. The standard InChI is InChI=1S/C23H25N3O/c1-2-19-13-14-20(15-22(19)24)25-23(27)17-26(21-11-7-4-8-12-21)16-18-9-5-3-6-10-18/h3-15H,2,16-17,24H2,1H3,(H,25,27). The Bertz CT molecular complexity index is 879. The first-order valence-electron chi connectivity index (χ1n) is 9.18. The van der Waals surface area contributed by atoms with Crippen molar-refractivity contribution in [2.45, 2.75) is 19.9 Å². The van der Waals surface area contributed by atoms with E-state index < -0.39 is 0 Å². The summed E-state index contributed by atoms with van der Waals surface area (Å²) in [6, 6.07) is 25.8. The van der Waals surface area contributed by atoms with E-state index in [1.165, 1.54) is 0 Å². The number of amides is 1. The Hall–Kier alpha value is -3.27. The van der Waals surface area contributed by atoms with Gasteiger partial charge in [-0.05, 0) is 41.8 Å². The van der Waals surface area contributed by atoms with E-state index in [-0.39, 0.29) is 12.5 Å². The van der Waals surface area contributed by atoms with Crippen molar-refractivity contribution in [1.82, 2.24) is 0 Å². The molecule has 3 N–H and O–H groups in total. The maximum Gasteiger partial charge on any atom is 0.243 e. The van der Waals surface area contributed by atoms with Gasteiger partial charge >= 0.3 is 0 Å². The Kier molecular flexibility index (Phi) is 6.10. The fourth-order valence-electron chi connectivity index (χ4n) is 3.05. The molecule has 0 fully saturated rings. The summed E-state index contributed by atoms with van der Waals surface area (Å²) in [5.74, 6) is -0.0709. The van der Waals surface area contributed by atoms with Crippen LogP contribution in [-0.2, 0) is 17.8 Å². The third-order valence-corrected chi connectivity index (χ3v) is 4.48. The molecule has 138 valence electrons. The van der Waals surface area contributed by atoms with Crippen LogP contribution in [-0.4, -0.2) is 12.5 Å². The molecule has 0 spiro atoms. The lowest BCUT2D eigenvalue weighted by molar-refractivity contribution is -0.115. The number of rotatable bonds is 7. The third-order valence-electron chi connectivity index (χ3n) is 4.48. The van der Waals surface area contributed by atoms with Gasteiger partial charge in [-0.3, -0.25) is 4.79 Å². The van der Waals surface area contributed by atoms with Crippen LogP contribution in [0.5, 0.6) is 0 Å². The summed E-state index contributed by atoms with van der Waals surface area (Å²) in [6.45, 7) is 2.98. The second-order valence-corrected chi connectivity index (χ2v) is 6.49. The number of hydrogen-bond acceptors (Lipinski definition) is 3. The highest BCUT2D eigenvalue weighted by atomic mass is 16.2. The van der Waals surface area contributed by atoms with Gasteiger partial charge in [0.2, 0.25) is 5.91 Å². The number of benzene rings is 3. The fourth-order valence-corrected chi connectivity index (χ4v) is 3.05. The lowest BCUT2D eigenvalue weighted by atomic mass is 10.1. The fraction of sp³-hybridized carbons (Fsp3) is 0.174. The molecule has 0 bridgehead atoms. The minimum Gasteiger partial charge on any atom is -0.398 e. The van der Waals surface area contributed by atoms with Gasteiger partial charge in [0.15, 0.2) is 0 Å². The number of nitrogens with one attached hydrogen (secondary N) is 1. The topological polar surface area (TPSA) is 58.4 Å². The van der Waals surface area contributed by atoms with Gasteiger partial charge in [0, 0.05) is 23.6 Å². The minimum atomic E-state index is -0.0709. The van der Waals surface area contributed by atoms with Crippen LogP contribution in [0.2, 0.25) is 0 Å². The number of hydrogen-bond donors (Lipinski definition) is 2. The van der Waals surface area contributed by atoms with Gasteiger partial charge in [0.05, 0.1) is 6.54 Å². The van der Waals surface area contributed by atoms with Gasteiger partial charge in [-0.25, -0.2) is 0 Å². The molecule has 4 nitrogen and oxygen atoms in total. The Morgan fingerprint density at radius 1 is 0.963 bits per heavy atom. The zero-order valence-corrected chi connectivity index (χ0v) is 15.6. The zero-order valence-electron chi connectivity index (χ0n) is 15.6. The van der Waals surface area contributed by atoms with Crippen LogP contribution >= 0.6 is 0 Å². The molecule has 0 aliphatic carbocycles. The minimum absolute atomic E-state index is 0.0709. The number of aryl methyl sites for hydroxylation is 1. The van der Waals surface area contributed by atoms with E-state index in [0.29, 0.717) is 12.2 Å². The van der Waals surface area contributed by atoms with Crippen molar-refractivity contribution < 1.29 is 4.79 Å². The molecular formula is C23H25N3O. The lowest BCUT2D eigenvalue weighted by Crippen LogP contribution is -2.32. The largest absolute Gasteiger partial charge is 0.398 e. The van der Waals surface area contributed by atoms with Gasteiger partial charge in [-0.2, -0.15) is 0 Å². The van der Waals surface area contributed by atoms with Crippen LogP contribution in [0.4, 0.5) is 17.1 Å². The zero-order chi connectivity index (χ0) is 19.1. The lowest BCUT2D eigenvalue weighted by Gasteiger charge is -2.24. The molecule has 0 atom stereocenters. The summed E-state index contributed by atoms with van der Waals surface area (Å²) < 4.78 is 0. The van der Waals surface area contributed by atoms with E-state index in [4.69, 9.17) is 5.73 Å². The van der Waals surface area contributed by atoms with Crippen LogP contribution < -0.4 is 16.0 Å². The molecule has 4 heteroatoms. The summed E-state index contributed by atoms with van der Waals surface area (Å²) in [5, 5.41) is 2.96. The van der Waals surface area contributed by atoms with Gasteiger partial charge in [-0.15, -0.1) is 0 Å². The first-order chi connectivity index (χ1) is 13.2. The van der Waals surface area contributed by atoms with Gasteiger partial charge in [0.1, 0.15) is 0 Å². The average Bonchev–Trinajstić information content (AvgIpc) is 2.69. The first-order valence-corrected chi connectivity index (χ1v) is 9.18. The Morgan fingerprint density at radius 2 is 1.63 bits per heavy atom. The van der Waals surface area contributed by atoms with E-state index in [0.717, 1.165) is 28.9 Å². The molecule has 3 aromatic carbocycles. The van der Waals surface area contributed by atoms with E-state index in [1.807, 2.05) is 66.7 Å². The van der Waals surface area contributed by atoms with Crippen molar-refractivity contribution in [2.24, 2.45) is 0 Å². The van der Waals surface area contributed by atoms with E-state index in [1.54, 1.807) is 0 Å². The maximum atomic E-state index is 12.7. The van der Waals surface area contributed by atoms with Crippen molar-refractivity contribution in [3.63, 3.8) is 0 Å². The highest BCUT2D eigenvalue weighted by molar-refractivity contribution is 5.94. The number of carbonyl (C=O) groups is 1. The molecule has 0 radical (unpaired) electrons. The molecule has 0 aromatic heterocycles. The van der Waals surface area contributed by atoms with Crippen molar-refractivity contribution in [2.75, 3.05) is 22.5 Å². The quantitative estimate of drug-likeness (QED) is 0.612. The Balaban J connectivity index is 1.73. The second kappa shape index (κ2) is 8.90. The number of para-hydroxylation sites is 1. The molecule has 3 aromatic rings. The number of carbonyl (C=O) groups excluding carboxylic acids is 1. The Labute approximate surface area is 160 Å². The second-order valence-electron chi connectivity index (χ2n) is 6.49. The number of nitrogens with two attached hydrogens (primary N) is 1. The summed E-state index contributed by atoms with van der Waals surface area (Å²) in [6.07, 6.45) is 0.874. The van der Waals surface area contributed by atoms with Gasteiger partial charge < -0.3 is 16.0 Å². The molecule has 1 amide bonds. The van der Waals surface area contributed by atoms with Crippen LogP contribution in [0.1, 0.15) is 18.1 Å². The van der Waals surface area contributed by atoms with Crippen molar-refractivity contribution in [3.05, 3.63) is 90.0 Å². The van der Waals surface area contributed by atoms with Crippen LogP contribution in [0.3, 0.4) is 0 Å². The Morgan fingerprint density at radius 3 is 2.26 bits per heavy atom. The number of anilines is 3. The molecule has 0 heterocycles. The number of nitrogens with zero attached hydrogens (tertiary/aromatic N) is 1. The summed E-state index contributed by atoms with van der Waals surface area (Å²) in [5.41, 5.74) is 10.7. The highest BCUT2D eigenvalue weighted by Gasteiger charge is 2.13. The smallest absolute Gasteiger partial charge is 0.243 e. The first kappa shape index (κ1) is 18.5. The van der Waals surface area contributed by atoms with Gasteiger partial charge in [-0.1, -0.05) is 61.5 Å². The molecular weight excluding hydrogens is 334 g/mol. The van der Waals surface area contributed by atoms with Crippen LogP contribution in [0.25, 0.3) is 0 Å². The molecule has 0 unspecified atom stereocenters. The molecule has 0 saturated carbocycles. The number of nitrogen functional groups attached to an aromatic ring is 1. The van der Waals surface area contributed by atoms with E-state index >= 15 is 0 Å². The molecule has 0 saturated heterocycles. The maximum absolute atomic E-state index is 12.7. The van der Waals surface area contributed by atoms with Crippen molar-refractivity contribution >= 4 is 23.0 Å². The average molecular weight is 359 g/mol. The van der Waals surface area contributed by atoms with E-state index in [9.17, 15) is 4.79 Å². The van der Waals surface area contributed by atoms with Crippen molar-refractivity contribution in [3.8, 4) is 0 Å². The molecule has 27 heavy (non-hydrogen) atoms. The molecule has 0 aliphatic rings. The molecule has 3 rings (SSSR count). The molecule has 0 aliphatic heterocycles. The SMILES string of the molecule is CCc1ccc(NC(=O)CN(Cc2ccccc2)c2ccccc2)cc1N. The predicted molar refractivity (Wildman–Crippen MR) is 113 cm³/mol. The van der Waals surface area contributed by atoms with Gasteiger partial charge in [0.25, 0.3) is 0 Å². The predicted octanol–water partition coefficient (Wildman–Crippen LogP) is 4.48. The summed E-state index contributed by atoms with van der Waals surface area (Å²) in [7, 11) is 0. The summed E-state index contributed by atoms with van der Waals surface area (Å²) >= 11 is 0. The van der Waals surface area contributed by atoms with Crippen molar-refractivity contribution in [1.29, 1.82) is 0 Å². The normalized spacial score (nSPS) is 10.4.